The van der Waals surface area contributed by atoms with Crippen LogP contribution in [0.2, 0.25) is 10.0 Å². The summed E-state index contributed by atoms with van der Waals surface area (Å²) in [7, 11) is 0. The molecule has 2 aromatic carbocycles. The number of nitrogens with zero attached hydrogens (tertiary/aromatic N) is 2. The largest absolute Gasteiger partial charge is 0.462 e. The Hall–Kier alpha value is -3.53. The van der Waals surface area contributed by atoms with Crippen LogP contribution < -0.4 is 5.32 Å². The normalized spacial score (nSPS) is 11.1. The number of carbonyl (C=O) groups excluding carboxylic acids is 2. The summed E-state index contributed by atoms with van der Waals surface area (Å²) in [4.78, 5) is 24.5. The van der Waals surface area contributed by atoms with E-state index in [1.807, 2.05) is 30.6 Å². The maximum Gasteiger partial charge on any atom is 0.338 e. The van der Waals surface area contributed by atoms with Gasteiger partial charge in [0.05, 0.1) is 12.2 Å². The fourth-order valence-electron chi connectivity index (χ4n) is 3.41. The number of nitriles is 1. The number of carbonyl (C=O) groups is 2. The van der Waals surface area contributed by atoms with Gasteiger partial charge in [0, 0.05) is 32.8 Å². The van der Waals surface area contributed by atoms with Crippen LogP contribution in [0.4, 0.5) is 5.69 Å². The molecule has 0 aliphatic carbocycles. The number of halogens is 2. The van der Waals surface area contributed by atoms with Crippen molar-refractivity contribution in [1.29, 1.82) is 5.26 Å². The van der Waals surface area contributed by atoms with E-state index in [1.54, 1.807) is 49.4 Å². The molecule has 8 heteroatoms. The number of aromatic nitrogens is 1. The molecule has 6 nitrogen and oxygen atoms in total. The maximum atomic E-state index is 12.7. The number of anilines is 1. The Morgan fingerprint density at radius 1 is 1.09 bits per heavy atom. The molecule has 0 aliphatic rings. The van der Waals surface area contributed by atoms with E-state index in [2.05, 4.69) is 5.32 Å². The van der Waals surface area contributed by atoms with E-state index in [-0.39, 0.29) is 12.2 Å². The molecule has 0 unspecified atom stereocenters. The Morgan fingerprint density at radius 2 is 1.73 bits per heavy atom. The minimum Gasteiger partial charge on any atom is -0.462 e. The average Bonchev–Trinajstić information content (AvgIpc) is 3.04. The van der Waals surface area contributed by atoms with Crippen molar-refractivity contribution in [3.8, 4) is 11.8 Å². The van der Waals surface area contributed by atoms with Crippen molar-refractivity contribution in [2.75, 3.05) is 11.9 Å². The van der Waals surface area contributed by atoms with Gasteiger partial charge in [-0.05, 0) is 80.9 Å². The Balaban J connectivity index is 1.85. The molecule has 1 aromatic heterocycles. The third-order valence-corrected chi connectivity index (χ3v) is 5.33. The molecule has 0 saturated heterocycles. The second-order valence-electron chi connectivity index (χ2n) is 7.21. The Bertz CT molecular complexity index is 1270. The van der Waals surface area contributed by atoms with Gasteiger partial charge in [0.15, 0.2) is 0 Å². The van der Waals surface area contributed by atoms with Crippen molar-refractivity contribution in [3.63, 3.8) is 0 Å². The number of nitrogens with one attached hydrogen (secondary N) is 1. The van der Waals surface area contributed by atoms with Crippen LogP contribution in [0.5, 0.6) is 0 Å². The number of rotatable bonds is 6. The highest BCUT2D eigenvalue weighted by Crippen LogP contribution is 2.27. The second kappa shape index (κ2) is 10.4. The molecule has 168 valence electrons. The average molecular weight is 482 g/mol. The molecule has 33 heavy (non-hydrogen) atoms. The van der Waals surface area contributed by atoms with Crippen molar-refractivity contribution in [1.82, 2.24) is 4.57 Å². The number of benzene rings is 2. The predicted octanol–water partition coefficient (Wildman–Crippen LogP) is 6.12. The molecule has 0 bridgehead atoms. The summed E-state index contributed by atoms with van der Waals surface area (Å²) in [6.07, 6.45) is 1.54. The third kappa shape index (κ3) is 5.64. The summed E-state index contributed by atoms with van der Waals surface area (Å²) in [6.45, 7) is 5.80. The summed E-state index contributed by atoms with van der Waals surface area (Å²) in [5.74, 6) is -0.999. The first kappa shape index (κ1) is 24.1. The molecular formula is C25H21Cl2N3O3. The van der Waals surface area contributed by atoms with Crippen molar-refractivity contribution in [3.05, 3.63) is 86.7 Å². The van der Waals surface area contributed by atoms with Crippen LogP contribution >= 0.6 is 23.2 Å². The van der Waals surface area contributed by atoms with Gasteiger partial charge in [-0.2, -0.15) is 5.26 Å². The molecule has 0 atom stereocenters. The van der Waals surface area contributed by atoms with Crippen molar-refractivity contribution >= 4 is 46.8 Å². The first-order chi connectivity index (χ1) is 15.7. The quantitative estimate of drug-likeness (QED) is 0.261. The van der Waals surface area contributed by atoms with Gasteiger partial charge in [0.2, 0.25) is 0 Å². The summed E-state index contributed by atoms with van der Waals surface area (Å²) in [5, 5.41) is 13.3. The molecule has 1 amide bonds. The van der Waals surface area contributed by atoms with E-state index < -0.39 is 11.9 Å². The van der Waals surface area contributed by atoms with Crippen LogP contribution in [0.25, 0.3) is 11.8 Å². The number of hydrogen-bond acceptors (Lipinski definition) is 4. The Morgan fingerprint density at radius 3 is 2.30 bits per heavy atom. The van der Waals surface area contributed by atoms with E-state index in [0.717, 1.165) is 17.1 Å². The maximum absolute atomic E-state index is 12.7. The zero-order chi connectivity index (χ0) is 24.1. The Labute approximate surface area is 202 Å². The highest BCUT2D eigenvalue weighted by atomic mass is 35.5. The van der Waals surface area contributed by atoms with Gasteiger partial charge < -0.3 is 14.6 Å². The first-order valence-corrected chi connectivity index (χ1v) is 10.8. The van der Waals surface area contributed by atoms with E-state index in [1.165, 1.54) is 6.08 Å². The molecule has 3 rings (SSSR count). The Kier molecular flexibility index (Phi) is 7.59. The molecule has 0 radical (unpaired) electrons. The lowest BCUT2D eigenvalue weighted by Crippen LogP contribution is -2.13. The first-order valence-electron chi connectivity index (χ1n) is 10.1. The lowest BCUT2D eigenvalue weighted by atomic mass is 10.1. The van der Waals surface area contributed by atoms with Crippen LogP contribution in [0.3, 0.4) is 0 Å². The highest BCUT2D eigenvalue weighted by Gasteiger charge is 2.15. The number of amides is 1. The van der Waals surface area contributed by atoms with Gasteiger partial charge in [-0.25, -0.2) is 4.79 Å². The summed E-state index contributed by atoms with van der Waals surface area (Å²) >= 11 is 12.3. The standard InChI is InChI=1S/C25H21Cl2N3O3/c1-4-33-25(32)17-5-7-22(8-6-17)29-24(31)19(14-28)10-18-9-15(2)30(16(18)3)23-12-20(26)11-21(27)13-23/h5-13H,4H2,1-3H3,(H,29,31)/b19-10+. The molecule has 0 spiro atoms. The minimum absolute atomic E-state index is 0.0613. The van der Waals surface area contributed by atoms with Crippen LogP contribution in [0.1, 0.15) is 34.2 Å². The van der Waals surface area contributed by atoms with Gasteiger partial charge in [-0.3, -0.25) is 4.79 Å². The zero-order valence-electron chi connectivity index (χ0n) is 18.3. The molecule has 0 fully saturated rings. The van der Waals surface area contributed by atoms with E-state index in [9.17, 15) is 14.9 Å². The predicted molar refractivity (Wildman–Crippen MR) is 130 cm³/mol. The monoisotopic (exact) mass is 481 g/mol. The molecule has 1 heterocycles. The fourth-order valence-corrected chi connectivity index (χ4v) is 3.92. The third-order valence-electron chi connectivity index (χ3n) is 4.89. The second-order valence-corrected chi connectivity index (χ2v) is 8.08. The number of hydrogen-bond donors (Lipinski definition) is 1. The SMILES string of the molecule is CCOC(=O)c1ccc(NC(=O)/C(C#N)=C/c2cc(C)n(-c3cc(Cl)cc(Cl)c3)c2C)cc1. The number of esters is 1. The van der Waals surface area contributed by atoms with Crippen molar-refractivity contribution in [2.24, 2.45) is 0 Å². The number of ether oxygens (including phenoxy) is 1. The van der Waals surface area contributed by atoms with Gasteiger partial charge in [0.25, 0.3) is 5.91 Å². The van der Waals surface area contributed by atoms with E-state index in [0.29, 0.717) is 26.9 Å². The smallest absolute Gasteiger partial charge is 0.338 e. The van der Waals surface area contributed by atoms with Crippen LogP contribution in [-0.2, 0) is 9.53 Å². The molecule has 0 saturated carbocycles. The van der Waals surface area contributed by atoms with Gasteiger partial charge in [-0.15, -0.1) is 0 Å². The lowest BCUT2D eigenvalue weighted by Gasteiger charge is -2.11. The lowest BCUT2D eigenvalue weighted by molar-refractivity contribution is -0.112. The fraction of sp³-hybridized carbons (Fsp3) is 0.160. The summed E-state index contributed by atoms with van der Waals surface area (Å²) < 4.78 is 6.89. The van der Waals surface area contributed by atoms with Crippen LogP contribution in [-0.4, -0.2) is 23.1 Å². The van der Waals surface area contributed by atoms with E-state index in [4.69, 9.17) is 27.9 Å². The van der Waals surface area contributed by atoms with E-state index >= 15 is 0 Å². The summed E-state index contributed by atoms with van der Waals surface area (Å²) in [5.41, 5.74) is 3.98. The highest BCUT2D eigenvalue weighted by molar-refractivity contribution is 6.34. The van der Waals surface area contributed by atoms with Gasteiger partial charge in [0.1, 0.15) is 11.6 Å². The number of aryl methyl sites for hydroxylation is 1. The van der Waals surface area contributed by atoms with Gasteiger partial charge in [-0.1, -0.05) is 23.2 Å². The molecule has 3 aromatic rings. The van der Waals surface area contributed by atoms with Crippen LogP contribution in [0, 0.1) is 25.2 Å². The van der Waals surface area contributed by atoms with Crippen molar-refractivity contribution < 1.29 is 14.3 Å². The zero-order valence-corrected chi connectivity index (χ0v) is 19.8. The molecule has 0 aliphatic heterocycles. The molecular weight excluding hydrogens is 461 g/mol. The molecule has 1 N–H and O–H groups in total. The minimum atomic E-state index is -0.558. The summed E-state index contributed by atoms with van der Waals surface area (Å²) in [6, 6.07) is 15.3. The van der Waals surface area contributed by atoms with Gasteiger partial charge >= 0.3 is 5.97 Å². The topological polar surface area (TPSA) is 84.1 Å². The van der Waals surface area contributed by atoms with Crippen LogP contribution in [0.15, 0.2) is 54.1 Å². The van der Waals surface area contributed by atoms with Crippen molar-refractivity contribution in [2.45, 2.75) is 20.8 Å².